The Morgan fingerprint density at radius 2 is 1.67 bits per heavy atom. The molecule has 1 N–H and O–H groups in total. The molecule has 0 unspecified atom stereocenters. The lowest BCUT2D eigenvalue weighted by molar-refractivity contribution is 0.131. The fourth-order valence-electron chi connectivity index (χ4n) is 0.993. The first-order valence-electron chi connectivity index (χ1n) is 4.57. The summed E-state index contributed by atoms with van der Waals surface area (Å²) in [4.78, 5) is 4.19. The molecule has 1 radical (unpaired) electrons. The SMILES string of the molecule is CCN(CC)CCN(C)[C](C)O. The molecule has 0 rings (SSSR count). The quantitative estimate of drug-likeness (QED) is 0.652. The Hall–Kier alpha value is -0.120. The Balaban J connectivity index is 3.51. The van der Waals surface area contributed by atoms with E-state index in [0.717, 1.165) is 26.2 Å². The van der Waals surface area contributed by atoms with Crippen molar-refractivity contribution in [1.82, 2.24) is 9.80 Å². The smallest absolute Gasteiger partial charge is 0.158 e. The maximum absolute atomic E-state index is 9.10. The lowest BCUT2D eigenvalue weighted by Crippen LogP contribution is -2.34. The second kappa shape index (κ2) is 6.40. The fourth-order valence-corrected chi connectivity index (χ4v) is 0.993. The van der Waals surface area contributed by atoms with Gasteiger partial charge in [-0.05, 0) is 27.1 Å². The molecule has 3 heteroatoms. The van der Waals surface area contributed by atoms with E-state index in [-0.39, 0.29) is 0 Å². The summed E-state index contributed by atoms with van der Waals surface area (Å²) < 4.78 is 0. The van der Waals surface area contributed by atoms with Gasteiger partial charge >= 0.3 is 0 Å². The Kier molecular flexibility index (Phi) is 6.34. The van der Waals surface area contributed by atoms with Crippen molar-refractivity contribution in [1.29, 1.82) is 0 Å². The van der Waals surface area contributed by atoms with Crippen LogP contribution in [0.2, 0.25) is 0 Å². The second-order valence-electron chi connectivity index (χ2n) is 3.00. The van der Waals surface area contributed by atoms with Gasteiger partial charge < -0.3 is 10.0 Å². The molecule has 0 amide bonds. The van der Waals surface area contributed by atoms with E-state index in [0.29, 0.717) is 6.23 Å². The van der Waals surface area contributed by atoms with Crippen LogP contribution in [0.15, 0.2) is 0 Å². The Bertz CT molecular complexity index is 101. The molecule has 0 aromatic rings. The molecular weight excluding hydrogens is 152 g/mol. The lowest BCUT2D eigenvalue weighted by Gasteiger charge is -2.23. The largest absolute Gasteiger partial charge is 0.371 e. The van der Waals surface area contributed by atoms with Gasteiger partial charge in [0, 0.05) is 13.1 Å². The van der Waals surface area contributed by atoms with Gasteiger partial charge in [0.2, 0.25) is 0 Å². The van der Waals surface area contributed by atoms with Gasteiger partial charge in [0.15, 0.2) is 6.23 Å². The highest BCUT2D eigenvalue weighted by Gasteiger charge is 2.07. The average molecular weight is 173 g/mol. The van der Waals surface area contributed by atoms with Crippen LogP contribution in [0.4, 0.5) is 0 Å². The van der Waals surface area contributed by atoms with Gasteiger partial charge in [-0.15, -0.1) is 0 Å². The van der Waals surface area contributed by atoms with E-state index in [4.69, 9.17) is 5.11 Å². The average Bonchev–Trinajstić information content (AvgIpc) is 2.05. The summed E-state index contributed by atoms with van der Waals surface area (Å²) in [6.45, 7) is 10.1. The standard InChI is InChI=1S/C9H21N2O/c1-5-11(6-2)8-7-10(4)9(3)12/h12H,5-8H2,1-4H3. The maximum Gasteiger partial charge on any atom is 0.158 e. The first kappa shape index (κ1) is 11.9. The summed E-state index contributed by atoms with van der Waals surface area (Å²) in [7, 11) is 1.90. The molecule has 12 heavy (non-hydrogen) atoms. The van der Waals surface area contributed by atoms with Gasteiger partial charge in [-0.1, -0.05) is 13.8 Å². The Labute approximate surface area is 76.0 Å². The van der Waals surface area contributed by atoms with E-state index in [9.17, 15) is 0 Å². The monoisotopic (exact) mass is 173 g/mol. The molecule has 0 atom stereocenters. The molecule has 73 valence electrons. The third-order valence-corrected chi connectivity index (χ3v) is 2.20. The van der Waals surface area contributed by atoms with Crippen LogP contribution in [0.1, 0.15) is 20.8 Å². The normalized spacial score (nSPS) is 12.0. The maximum atomic E-state index is 9.10. The molecule has 0 saturated carbocycles. The molecule has 0 spiro atoms. The van der Waals surface area contributed by atoms with Crippen molar-refractivity contribution in [3.63, 3.8) is 0 Å². The fraction of sp³-hybridized carbons (Fsp3) is 0.889. The summed E-state index contributed by atoms with van der Waals surface area (Å²) in [5.41, 5.74) is 0. The highest BCUT2D eigenvalue weighted by Crippen LogP contribution is 1.98. The van der Waals surface area contributed by atoms with Gasteiger partial charge in [-0.2, -0.15) is 0 Å². The van der Waals surface area contributed by atoms with E-state index < -0.39 is 0 Å². The van der Waals surface area contributed by atoms with Gasteiger partial charge in [-0.25, -0.2) is 0 Å². The molecule has 0 aromatic heterocycles. The molecule has 0 aliphatic carbocycles. The number of nitrogens with zero attached hydrogens (tertiary/aromatic N) is 2. The molecule has 0 fully saturated rings. The van der Waals surface area contributed by atoms with Gasteiger partial charge in [0.25, 0.3) is 0 Å². The van der Waals surface area contributed by atoms with Crippen LogP contribution in [-0.4, -0.2) is 48.1 Å². The molecule has 0 aliphatic heterocycles. The second-order valence-corrected chi connectivity index (χ2v) is 3.00. The van der Waals surface area contributed by atoms with Crippen LogP contribution in [0, 0.1) is 6.23 Å². The predicted molar refractivity (Wildman–Crippen MR) is 51.3 cm³/mol. The molecule has 3 nitrogen and oxygen atoms in total. The van der Waals surface area contributed by atoms with Crippen LogP contribution >= 0.6 is 0 Å². The summed E-state index contributed by atoms with van der Waals surface area (Å²) in [6, 6.07) is 0. The zero-order chi connectivity index (χ0) is 9.56. The summed E-state index contributed by atoms with van der Waals surface area (Å²) in [6.07, 6.45) is 0.391. The number of rotatable bonds is 6. The van der Waals surface area contributed by atoms with E-state index in [1.165, 1.54) is 0 Å². The van der Waals surface area contributed by atoms with Gasteiger partial charge in [0.1, 0.15) is 0 Å². The van der Waals surface area contributed by atoms with Crippen molar-refractivity contribution < 1.29 is 5.11 Å². The number of likely N-dealkylation sites (N-methyl/N-ethyl adjacent to an activating group) is 2. The lowest BCUT2D eigenvalue weighted by atomic mass is 10.4. The first-order chi connectivity index (χ1) is 5.61. The van der Waals surface area contributed by atoms with Crippen molar-refractivity contribution >= 4 is 0 Å². The van der Waals surface area contributed by atoms with Crippen molar-refractivity contribution in [2.24, 2.45) is 0 Å². The number of hydrogen-bond donors (Lipinski definition) is 1. The van der Waals surface area contributed by atoms with E-state index in [1.807, 2.05) is 11.9 Å². The Morgan fingerprint density at radius 1 is 1.17 bits per heavy atom. The van der Waals surface area contributed by atoms with Crippen LogP contribution in [0.3, 0.4) is 0 Å². The Morgan fingerprint density at radius 3 is 2.00 bits per heavy atom. The van der Waals surface area contributed by atoms with Crippen molar-refractivity contribution in [2.45, 2.75) is 20.8 Å². The minimum Gasteiger partial charge on any atom is -0.371 e. The highest BCUT2D eigenvalue weighted by atomic mass is 16.3. The summed E-state index contributed by atoms with van der Waals surface area (Å²) >= 11 is 0. The minimum atomic E-state index is 0.391. The van der Waals surface area contributed by atoms with Crippen LogP contribution in [-0.2, 0) is 0 Å². The van der Waals surface area contributed by atoms with E-state index >= 15 is 0 Å². The first-order valence-corrected chi connectivity index (χ1v) is 4.57. The van der Waals surface area contributed by atoms with Crippen LogP contribution in [0.25, 0.3) is 0 Å². The predicted octanol–water partition coefficient (Wildman–Crippen LogP) is 1.14. The number of hydrogen-bond acceptors (Lipinski definition) is 3. The molecule has 0 aliphatic rings. The molecular formula is C9H21N2O. The molecule has 0 aromatic carbocycles. The zero-order valence-electron chi connectivity index (χ0n) is 8.67. The summed E-state index contributed by atoms with van der Waals surface area (Å²) in [5, 5.41) is 9.10. The molecule has 0 bridgehead atoms. The highest BCUT2D eigenvalue weighted by molar-refractivity contribution is 4.68. The number of aliphatic hydroxyl groups excluding tert-OH is 1. The third-order valence-electron chi connectivity index (χ3n) is 2.20. The topological polar surface area (TPSA) is 26.7 Å². The zero-order valence-corrected chi connectivity index (χ0v) is 8.67. The van der Waals surface area contributed by atoms with Crippen molar-refractivity contribution in [3.8, 4) is 0 Å². The van der Waals surface area contributed by atoms with Crippen molar-refractivity contribution in [2.75, 3.05) is 33.2 Å². The molecule has 0 saturated heterocycles. The molecule has 0 heterocycles. The van der Waals surface area contributed by atoms with E-state index in [2.05, 4.69) is 18.7 Å². The van der Waals surface area contributed by atoms with Gasteiger partial charge in [0.05, 0.1) is 0 Å². The third kappa shape index (κ3) is 4.70. The summed E-state index contributed by atoms with van der Waals surface area (Å²) in [5.74, 6) is 0. The van der Waals surface area contributed by atoms with Crippen molar-refractivity contribution in [3.05, 3.63) is 6.23 Å². The minimum absolute atomic E-state index is 0.391. The van der Waals surface area contributed by atoms with E-state index in [1.54, 1.807) is 6.92 Å². The van der Waals surface area contributed by atoms with Crippen LogP contribution < -0.4 is 0 Å². The van der Waals surface area contributed by atoms with Gasteiger partial charge in [-0.3, -0.25) is 4.90 Å². The van der Waals surface area contributed by atoms with Crippen LogP contribution in [0.5, 0.6) is 0 Å². The number of aliphatic hydroxyl groups is 1.